The van der Waals surface area contributed by atoms with Crippen LogP contribution in [0.2, 0.25) is 0 Å². The minimum absolute atomic E-state index is 0.0261. The molecule has 0 aliphatic heterocycles. The average molecular weight is 450 g/mol. The zero-order chi connectivity index (χ0) is 23.1. The average Bonchev–Trinajstić information content (AvgIpc) is 3.15. The van der Waals surface area contributed by atoms with E-state index in [4.69, 9.17) is 15.2 Å². The van der Waals surface area contributed by atoms with Crippen LogP contribution in [-0.2, 0) is 6.42 Å². The molecule has 0 saturated heterocycles. The number of imidazole rings is 1. The lowest BCUT2D eigenvalue weighted by atomic mass is 10.1. The van der Waals surface area contributed by atoms with E-state index in [1.165, 1.54) is 10.7 Å². The number of aliphatic hydroxyl groups is 1. The summed E-state index contributed by atoms with van der Waals surface area (Å²) in [6.45, 7) is 4.30. The van der Waals surface area contributed by atoms with Gasteiger partial charge in [-0.05, 0) is 24.5 Å². The fourth-order valence-electron chi connectivity index (χ4n) is 3.31. The van der Waals surface area contributed by atoms with E-state index in [2.05, 4.69) is 15.1 Å². The van der Waals surface area contributed by atoms with Crippen molar-refractivity contribution in [2.75, 3.05) is 18.9 Å². The van der Waals surface area contributed by atoms with E-state index in [9.17, 15) is 13.9 Å². The molecule has 1 aromatic carbocycles. The van der Waals surface area contributed by atoms with Crippen LogP contribution in [0.25, 0.3) is 5.65 Å². The third-order valence-electron chi connectivity index (χ3n) is 5.00. The van der Waals surface area contributed by atoms with E-state index in [1.54, 1.807) is 0 Å². The van der Waals surface area contributed by atoms with Gasteiger partial charge in [0.25, 0.3) is 0 Å². The van der Waals surface area contributed by atoms with Crippen molar-refractivity contribution < 1.29 is 23.4 Å². The van der Waals surface area contributed by atoms with Crippen molar-refractivity contribution in [3.63, 3.8) is 0 Å². The molecule has 2 aromatic heterocycles. The highest BCUT2D eigenvalue weighted by molar-refractivity contribution is 5.59. The molecule has 1 atom stereocenters. The van der Waals surface area contributed by atoms with Crippen LogP contribution in [0.4, 0.5) is 14.6 Å². The number of unbranched alkanes of at least 4 members (excludes halogenated alkanes) is 1. The number of nitrogens with zero attached hydrogens (tertiary/aromatic N) is 4. The highest BCUT2D eigenvalue weighted by Crippen LogP contribution is 2.25. The molecule has 0 saturated carbocycles. The quantitative estimate of drug-likeness (QED) is 0.406. The van der Waals surface area contributed by atoms with Crippen molar-refractivity contribution in [3.05, 3.63) is 41.2 Å². The van der Waals surface area contributed by atoms with E-state index in [0.717, 1.165) is 37.8 Å². The number of benzene rings is 1. The summed E-state index contributed by atoms with van der Waals surface area (Å²) >= 11 is 0. The summed E-state index contributed by atoms with van der Waals surface area (Å²) in [5, 5.41) is 13.6. The number of fused-ring (bicyclic) bond motifs is 1. The molecule has 1 unspecified atom stereocenters. The van der Waals surface area contributed by atoms with Crippen LogP contribution in [0.5, 0.6) is 11.8 Å². The van der Waals surface area contributed by atoms with Gasteiger partial charge in [-0.15, -0.1) is 5.10 Å². The molecular weight excluding hydrogens is 420 g/mol. The van der Waals surface area contributed by atoms with Gasteiger partial charge in [0, 0.05) is 25.5 Å². The summed E-state index contributed by atoms with van der Waals surface area (Å²) in [6.07, 6.45) is 4.93. The van der Waals surface area contributed by atoms with Crippen LogP contribution in [0.15, 0.2) is 18.3 Å². The molecule has 3 rings (SSSR count). The highest BCUT2D eigenvalue weighted by atomic mass is 19.1. The predicted octanol–water partition coefficient (Wildman–Crippen LogP) is 3.68. The van der Waals surface area contributed by atoms with Gasteiger partial charge in [-0.2, -0.15) is 4.98 Å². The van der Waals surface area contributed by atoms with E-state index in [1.807, 2.05) is 13.8 Å². The monoisotopic (exact) mass is 449 g/mol. The third kappa shape index (κ3) is 5.61. The van der Waals surface area contributed by atoms with Crippen molar-refractivity contribution in [2.45, 2.75) is 58.5 Å². The molecule has 0 radical (unpaired) electrons. The van der Waals surface area contributed by atoms with Gasteiger partial charge in [0.1, 0.15) is 11.9 Å². The molecular formula is C22H29F2N5O3. The second kappa shape index (κ2) is 11.0. The Morgan fingerprint density at radius 2 is 1.97 bits per heavy atom. The van der Waals surface area contributed by atoms with E-state index >= 15 is 0 Å². The van der Waals surface area contributed by atoms with E-state index in [0.29, 0.717) is 24.4 Å². The molecule has 10 heteroatoms. The Hall–Kier alpha value is -3.01. The van der Waals surface area contributed by atoms with Crippen LogP contribution in [-0.4, -0.2) is 44.0 Å². The molecule has 32 heavy (non-hydrogen) atoms. The first kappa shape index (κ1) is 23.6. The topological polar surface area (TPSA) is 108 Å². The number of aromatic nitrogens is 4. The summed E-state index contributed by atoms with van der Waals surface area (Å²) in [6, 6.07) is 2.22. The van der Waals surface area contributed by atoms with Crippen LogP contribution in [0.3, 0.4) is 0 Å². The Morgan fingerprint density at radius 3 is 2.69 bits per heavy atom. The Labute approximate surface area is 185 Å². The SMILES string of the molecule is CCCCOc1cc(F)c(Cc2cnc3c(N)nc(OC(CCC)CCO)nn23)cc1F. The van der Waals surface area contributed by atoms with Gasteiger partial charge in [-0.25, -0.2) is 18.3 Å². The number of nitrogens with two attached hydrogens (primary N) is 1. The second-order valence-corrected chi connectivity index (χ2v) is 7.56. The normalized spacial score (nSPS) is 12.3. The molecule has 0 amide bonds. The fraction of sp³-hybridized carbons (Fsp3) is 0.500. The molecule has 2 heterocycles. The minimum Gasteiger partial charge on any atom is -0.490 e. The molecule has 0 aliphatic carbocycles. The van der Waals surface area contributed by atoms with Gasteiger partial charge < -0.3 is 20.3 Å². The summed E-state index contributed by atoms with van der Waals surface area (Å²) in [7, 11) is 0. The summed E-state index contributed by atoms with van der Waals surface area (Å²) < 4.78 is 41.6. The van der Waals surface area contributed by atoms with Gasteiger partial charge in [-0.3, -0.25) is 0 Å². The Bertz CT molecular complexity index is 1040. The number of hydrogen-bond acceptors (Lipinski definition) is 7. The lowest BCUT2D eigenvalue weighted by Gasteiger charge is -2.16. The zero-order valence-electron chi connectivity index (χ0n) is 18.4. The van der Waals surface area contributed by atoms with Crippen molar-refractivity contribution in [1.29, 1.82) is 0 Å². The molecule has 174 valence electrons. The zero-order valence-corrected chi connectivity index (χ0v) is 18.4. The van der Waals surface area contributed by atoms with Crippen LogP contribution in [0.1, 0.15) is 57.2 Å². The minimum atomic E-state index is -0.629. The standard InChI is InChI=1S/C22H29F2N5O3/c1-3-5-9-31-19-12-17(23)14(11-18(19)24)10-15-13-26-21-20(25)27-22(28-29(15)21)32-16(6-4-2)7-8-30/h11-13,16,30H,3-10H2,1-2H3,(H2,25,27,28). The number of rotatable bonds is 12. The van der Waals surface area contributed by atoms with Crippen molar-refractivity contribution in [3.8, 4) is 11.8 Å². The number of ether oxygens (including phenoxy) is 2. The van der Waals surface area contributed by atoms with Gasteiger partial charge >= 0.3 is 6.01 Å². The maximum absolute atomic E-state index is 14.6. The Morgan fingerprint density at radius 1 is 1.16 bits per heavy atom. The predicted molar refractivity (Wildman–Crippen MR) is 116 cm³/mol. The largest absolute Gasteiger partial charge is 0.490 e. The molecule has 0 aliphatic rings. The molecule has 8 nitrogen and oxygen atoms in total. The summed E-state index contributed by atoms with van der Waals surface area (Å²) in [5.74, 6) is -1.22. The first-order chi connectivity index (χ1) is 15.5. The molecule has 0 spiro atoms. The lowest BCUT2D eigenvalue weighted by Crippen LogP contribution is -2.20. The first-order valence-corrected chi connectivity index (χ1v) is 10.8. The number of nitrogen functional groups attached to an aromatic ring is 1. The van der Waals surface area contributed by atoms with E-state index in [-0.39, 0.29) is 42.3 Å². The van der Waals surface area contributed by atoms with Crippen molar-refractivity contribution >= 4 is 11.5 Å². The van der Waals surface area contributed by atoms with Crippen molar-refractivity contribution in [1.82, 2.24) is 19.6 Å². The number of anilines is 1. The fourth-order valence-corrected chi connectivity index (χ4v) is 3.31. The third-order valence-corrected chi connectivity index (χ3v) is 5.00. The molecule has 3 aromatic rings. The lowest BCUT2D eigenvalue weighted by molar-refractivity contribution is 0.133. The van der Waals surface area contributed by atoms with Crippen LogP contribution >= 0.6 is 0 Å². The molecule has 3 N–H and O–H groups in total. The second-order valence-electron chi connectivity index (χ2n) is 7.56. The van der Waals surface area contributed by atoms with Gasteiger partial charge in [0.2, 0.25) is 0 Å². The Kier molecular flexibility index (Phi) is 8.15. The number of halogens is 2. The molecule has 0 fully saturated rings. The Balaban J connectivity index is 1.86. The summed E-state index contributed by atoms with van der Waals surface area (Å²) in [5.41, 5.74) is 6.93. The molecule has 0 bridgehead atoms. The highest BCUT2D eigenvalue weighted by Gasteiger charge is 2.18. The van der Waals surface area contributed by atoms with Gasteiger partial charge in [0.15, 0.2) is 23.0 Å². The van der Waals surface area contributed by atoms with E-state index < -0.39 is 11.6 Å². The number of hydrogen-bond donors (Lipinski definition) is 2. The van der Waals surface area contributed by atoms with Gasteiger partial charge in [0.05, 0.1) is 18.5 Å². The van der Waals surface area contributed by atoms with Crippen LogP contribution in [0, 0.1) is 11.6 Å². The smallest absolute Gasteiger partial charge is 0.336 e. The van der Waals surface area contributed by atoms with Crippen LogP contribution < -0.4 is 15.2 Å². The maximum atomic E-state index is 14.6. The first-order valence-electron chi connectivity index (χ1n) is 10.8. The van der Waals surface area contributed by atoms with Crippen molar-refractivity contribution in [2.24, 2.45) is 0 Å². The number of aliphatic hydroxyl groups excluding tert-OH is 1. The van der Waals surface area contributed by atoms with Gasteiger partial charge in [-0.1, -0.05) is 26.7 Å². The maximum Gasteiger partial charge on any atom is 0.336 e. The summed E-state index contributed by atoms with van der Waals surface area (Å²) in [4.78, 5) is 8.34.